The van der Waals surface area contributed by atoms with Crippen LogP contribution in [-0.4, -0.2) is 82.6 Å². The standard InChI is InChI=1S/C30H29F2N3O9/c31-21-7-16(35-10-18(12-36)44-29(35)40)3-4-23(21)43-14-30(41)5-6-33-17(9-30)13-42-27-24-19(8-22(32)25(27)33)26(37)20(28(38)39)11-34(24)15-1-2-15/h3-4,7-8,11,15,17-18,36,41H,1-2,5-6,9-10,12-14H2,(H,38,39)/t17-,18+,30?/m0/s1. The topological polar surface area (TPSA) is 151 Å². The van der Waals surface area contributed by atoms with E-state index in [2.05, 4.69) is 0 Å². The molecule has 3 fully saturated rings. The van der Waals surface area contributed by atoms with Gasteiger partial charge in [0, 0.05) is 31.3 Å². The highest BCUT2D eigenvalue weighted by molar-refractivity contribution is 5.97. The van der Waals surface area contributed by atoms with Crippen LogP contribution >= 0.6 is 0 Å². The third-order valence-corrected chi connectivity index (χ3v) is 8.75. The molecule has 3 aromatic rings. The first kappa shape index (κ1) is 28.3. The molecule has 1 aliphatic carbocycles. The molecule has 0 radical (unpaired) electrons. The highest BCUT2D eigenvalue weighted by atomic mass is 19.1. The molecular weight excluding hydrogens is 584 g/mol. The Labute approximate surface area is 248 Å². The summed E-state index contributed by atoms with van der Waals surface area (Å²) in [5, 5.41) is 30.1. The van der Waals surface area contributed by atoms with Crippen LogP contribution in [0.25, 0.3) is 10.9 Å². The van der Waals surface area contributed by atoms with Gasteiger partial charge in [0.15, 0.2) is 23.1 Å². The average molecular weight is 614 g/mol. The van der Waals surface area contributed by atoms with Gasteiger partial charge in [-0.05, 0) is 37.5 Å². The number of rotatable bonds is 7. The van der Waals surface area contributed by atoms with Gasteiger partial charge in [-0.2, -0.15) is 0 Å². The number of carboxylic acid groups (broad SMARTS) is 1. The number of halogens is 2. The zero-order valence-corrected chi connectivity index (χ0v) is 23.4. The van der Waals surface area contributed by atoms with Crippen molar-refractivity contribution in [2.45, 2.75) is 49.5 Å². The number of carboxylic acids is 1. The van der Waals surface area contributed by atoms with Crippen molar-refractivity contribution < 1.29 is 47.9 Å². The summed E-state index contributed by atoms with van der Waals surface area (Å²) in [6.07, 6.45) is 1.78. The number of fused-ring (bicyclic) bond motifs is 5. The Bertz CT molecular complexity index is 1760. The number of benzene rings is 2. The van der Waals surface area contributed by atoms with Crippen LogP contribution in [0.4, 0.5) is 25.0 Å². The number of amides is 1. The molecule has 2 aromatic carbocycles. The van der Waals surface area contributed by atoms with E-state index in [1.54, 1.807) is 9.47 Å². The smallest absolute Gasteiger partial charge is 0.414 e. The van der Waals surface area contributed by atoms with Gasteiger partial charge in [-0.1, -0.05) is 0 Å². The molecule has 3 N–H and O–H groups in total. The van der Waals surface area contributed by atoms with E-state index in [1.165, 1.54) is 23.2 Å². The number of piperidine rings is 1. The van der Waals surface area contributed by atoms with Gasteiger partial charge in [0.25, 0.3) is 0 Å². The Morgan fingerprint density at radius 3 is 2.61 bits per heavy atom. The molecule has 1 aromatic heterocycles. The number of cyclic esters (lactones) is 1. The monoisotopic (exact) mass is 613 g/mol. The van der Waals surface area contributed by atoms with Gasteiger partial charge in [0.05, 0.1) is 35.8 Å². The average Bonchev–Trinajstić information content (AvgIpc) is 3.77. The van der Waals surface area contributed by atoms with Gasteiger partial charge in [-0.25, -0.2) is 18.4 Å². The zero-order valence-electron chi connectivity index (χ0n) is 23.4. The first-order chi connectivity index (χ1) is 21.1. The highest BCUT2D eigenvalue weighted by Gasteiger charge is 2.44. The number of carbonyl (C=O) groups is 2. The lowest BCUT2D eigenvalue weighted by molar-refractivity contribution is -0.0401. The van der Waals surface area contributed by atoms with Crippen molar-refractivity contribution in [2.24, 2.45) is 0 Å². The molecule has 3 aliphatic heterocycles. The highest BCUT2D eigenvalue weighted by Crippen LogP contribution is 2.47. The molecule has 0 bridgehead atoms. The molecule has 2 saturated heterocycles. The number of pyridine rings is 1. The first-order valence-electron chi connectivity index (χ1n) is 14.3. The maximum absolute atomic E-state index is 15.7. The van der Waals surface area contributed by atoms with Crippen molar-refractivity contribution in [3.8, 4) is 11.5 Å². The van der Waals surface area contributed by atoms with Crippen LogP contribution in [0.3, 0.4) is 0 Å². The molecule has 3 atom stereocenters. The maximum Gasteiger partial charge on any atom is 0.414 e. The summed E-state index contributed by atoms with van der Waals surface area (Å²) in [5.41, 5.74) is -1.85. The fourth-order valence-electron chi connectivity index (χ4n) is 6.37. The van der Waals surface area contributed by atoms with Crippen LogP contribution in [0.2, 0.25) is 0 Å². The van der Waals surface area contributed by atoms with E-state index in [-0.39, 0.29) is 80.1 Å². The summed E-state index contributed by atoms with van der Waals surface area (Å²) in [6.45, 7) is -0.238. The molecule has 14 heteroatoms. The number of aromatic nitrogens is 1. The Kier molecular flexibility index (Phi) is 6.66. The van der Waals surface area contributed by atoms with Crippen molar-refractivity contribution >= 4 is 34.3 Å². The second kappa shape index (κ2) is 10.3. The second-order valence-corrected chi connectivity index (χ2v) is 11.8. The zero-order chi connectivity index (χ0) is 30.9. The number of nitrogens with zero attached hydrogens (tertiary/aromatic N) is 3. The van der Waals surface area contributed by atoms with Crippen molar-refractivity contribution in [1.29, 1.82) is 0 Å². The predicted molar refractivity (Wildman–Crippen MR) is 151 cm³/mol. The molecule has 0 spiro atoms. The molecule has 7 rings (SSSR count). The fourth-order valence-corrected chi connectivity index (χ4v) is 6.37. The lowest BCUT2D eigenvalue weighted by Crippen LogP contribution is -2.56. The fraction of sp³-hybridized carbons (Fsp3) is 0.433. The summed E-state index contributed by atoms with van der Waals surface area (Å²) >= 11 is 0. The Morgan fingerprint density at radius 1 is 1.14 bits per heavy atom. The van der Waals surface area contributed by atoms with Gasteiger partial charge in [-0.15, -0.1) is 0 Å². The van der Waals surface area contributed by atoms with Crippen LogP contribution in [0.5, 0.6) is 11.5 Å². The van der Waals surface area contributed by atoms with Gasteiger partial charge >= 0.3 is 12.1 Å². The normalized spacial score (nSPS) is 24.5. The van der Waals surface area contributed by atoms with E-state index in [4.69, 9.17) is 14.2 Å². The van der Waals surface area contributed by atoms with E-state index >= 15 is 4.39 Å². The van der Waals surface area contributed by atoms with Crippen molar-refractivity contribution in [3.05, 3.63) is 57.9 Å². The van der Waals surface area contributed by atoms with Crippen molar-refractivity contribution in [1.82, 2.24) is 4.57 Å². The quantitative estimate of drug-likeness (QED) is 0.363. The number of aliphatic hydroxyl groups is 2. The van der Waals surface area contributed by atoms with Crippen LogP contribution in [0.15, 0.2) is 35.3 Å². The van der Waals surface area contributed by atoms with E-state index in [0.29, 0.717) is 5.52 Å². The van der Waals surface area contributed by atoms with Crippen molar-refractivity contribution in [2.75, 3.05) is 42.7 Å². The number of hydrogen-bond donors (Lipinski definition) is 3. The lowest BCUT2D eigenvalue weighted by Gasteiger charge is -2.47. The summed E-state index contributed by atoms with van der Waals surface area (Å²) in [5.74, 6) is -2.81. The molecule has 4 heterocycles. The maximum atomic E-state index is 15.7. The first-order valence-corrected chi connectivity index (χ1v) is 14.3. The van der Waals surface area contributed by atoms with Crippen molar-refractivity contribution in [3.63, 3.8) is 0 Å². The minimum absolute atomic E-state index is 0.0215. The summed E-state index contributed by atoms with van der Waals surface area (Å²) in [6, 6.07) is 4.53. The molecule has 1 saturated carbocycles. The lowest BCUT2D eigenvalue weighted by atomic mass is 9.86. The molecule has 4 aliphatic rings. The number of carbonyl (C=O) groups excluding carboxylic acids is 1. The molecule has 12 nitrogen and oxygen atoms in total. The van der Waals surface area contributed by atoms with Crippen LogP contribution < -0.4 is 24.7 Å². The van der Waals surface area contributed by atoms with Gasteiger partial charge < -0.3 is 39.0 Å². The molecular formula is C30H29F2N3O9. The summed E-state index contributed by atoms with van der Waals surface area (Å²) < 4.78 is 49.0. The van der Waals surface area contributed by atoms with E-state index in [9.17, 15) is 34.1 Å². The van der Waals surface area contributed by atoms with Gasteiger partial charge in [0.1, 0.15) is 36.2 Å². The Balaban J connectivity index is 1.10. The SMILES string of the molecule is O=C(O)c1cn(C2CC2)c2c3c(c(F)cc2c1=O)N1CCC(O)(COc2ccc(N4C[C@H](CO)OC4=O)cc2F)C[C@H]1CO3. The molecule has 232 valence electrons. The largest absolute Gasteiger partial charge is 0.488 e. The molecule has 1 unspecified atom stereocenters. The second-order valence-electron chi connectivity index (χ2n) is 11.8. The Morgan fingerprint density at radius 2 is 1.93 bits per heavy atom. The van der Waals surface area contributed by atoms with Crippen LogP contribution in [0.1, 0.15) is 42.1 Å². The van der Waals surface area contributed by atoms with E-state index in [1.807, 2.05) is 0 Å². The van der Waals surface area contributed by atoms with E-state index in [0.717, 1.165) is 25.0 Å². The minimum atomic E-state index is -1.39. The summed E-state index contributed by atoms with van der Waals surface area (Å²) in [4.78, 5) is 39.7. The molecule has 44 heavy (non-hydrogen) atoms. The van der Waals surface area contributed by atoms with Crippen LogP contribution in [0, 0.1) is 11.6 Å². The van der Waals surface area contributed by atoms with Crippen LogP contribution in [-0.2, 0) is 4.74 Å². The van der Waals surface area contributed by atoms with E-state index < -0.39 is 52.4 Å². The molecule has 1 amide bonds. The number of ether oxygens (including phenoxy) is 3. The predicted octanol–water partition coefficient (Wildman–Crippen LogP) is 2.80. The van der Waals surface area contributed by atoms with Gasteiger partial charge in [-0.3, -0.25) is 9.69 Å². The van der Waals surface area contributed by atoms with Gasteiger partial charge in [0.2, 0.25) is 5.43 Å². The number of hydrogen-bond acceptors (Lipinski definition) is 9. The number of anilines is 2. The Hall–Kier alpha value is -4.43. The minimum Gasteiger partial charge on any atom is -0.488 e. The third-order valence-electron chi connectivity index (χ3n) is 8.75. The third kappa shape index (κ3) is 4.68. The number of aliphatic hydroxyl groups excluding tert-OH is 1. The number of aromatic carboxylic acids is 1. The summed E-state index contributed by atoms with van der Waals surface area (Å²) in [7, 11) is 0.